The summed E-state index contributed by atoms with van der Waals surface area (Å²) >= 11 is 3.40. The van der Waals surface area contributed by atoms with Gasteiger partial charge in [0.15, 0.2) is 0 Å². The largest absolute Gasteiger partial charge is 0.496 e. The molecule has 5 nitrogen and oxygen atoms in total. The van der Waals surface area contributed by atoms with Crippen molar-refractivity contribution in [1.29, 1.82) is 0 Å². The van der Waals surface area contributed by atoms with Crippen molar-refractivity contribution in [3.63, 3.8) is 0 Å². The molecule has 6 heteroatoms. The van der Waals surface area contributed by atoms with Crippen LogP contribution in [0, 0.1) is 0 Å². The topological polar surface area (TPSA) is 68.1 Å². The Morgan fingerprint density at radius 2 is 2.00 bits per heavy atom. The molecule has 0 bridgehead atoms. The van der Waals surface area contributed by atoms with Crippen LogP contribution in [-0.4, -0.2) is 27.4 Å². The van der Waals surface area contributed by atoms with Gasteiger partial charge in [0.2, 0.25) is 5.88 Å². The molecule has 0 saturated heterocycles. The van der Waals surface area contributed by atoms with Crippen LogP contribution in [-0.2, 0) is 0 Å². The monoisotopic (exact) mass is 331 g/mol. The SMILES string of the molecule is COc1cc(Br)ccc1-c1nnc(O)c2cnccc12. The highest BCUT2D eigenvalue weighted by atomic mass is 79.9. The van der Waals surface area contributed by atoms with Crippen LogP contribution in [0.4, 0.5) is 0 Å². The maximum Gasteiger partial charge on any atom is 0.240 e. The standard InChI is InChI=1S/C14H10BrN3O2/c1-20-12-6-8(15)2-3-10(12)13-9-4-5-16-7-11(9)14(19)18-17-13/h2-7H,1H3,(H,18,19). The van der Waals surface area contributed by atoms with Gasteiger partial charge in [-0.3, -0.25) is 4.98 Å². The van der Waals surface area contributed by atoms with E-state index in [2.05, 4.69) is 31.1 Å². The van der Waals surface area contributed by atoms with Crippen molar-refractivity contribution in [1.82, 2.24) is 15.2 Å². The summed E-state index contributed by atoms with van der Waals surface area (Å²) in [5.74, 6) is 0.547. The third-order valence-electron chi connectivity index (χ3n) is 2.98. The van der Waals surface area contributed by atoms with Crippen molar-refractivity contribution >= 4 is 26.7 Å². The summed E-state index contributed by atoms with van der Waals surface area (Å²) in [5, 5.41) is 19.0. The van der Waals surface area contributed by atoms with E-state index in [1.165, 1.54) is 0 Å². The van der Waals surface area contributed by atoms with Crippen LogP contribution in [0.15, 0.2) is 41.1 Å². The van der Waals surface area contributed by atoms with E-state index in [0.717, 1.165) is 15.4 Å². The number of halogens is 1. The fraction of sp³-hybridized carbons (Fsp3) is 0.0714. The molecule has 0 saturated carbocycles. The number of fused-ring (bicyclic) bond motifs is 1. The molecule has 0 radical (unpaired) electrons. The minimum absolute atomic E-state index is 0.132. The zero-order chi connectivity index (χ0) is 14.1. The Balaban J connectivity index is 2.33. The Kier molecular flexibility index (Phi) is 3.23. The summed E-state index contributed by atoms with van der Waals surface area (Å²) in [6.07, 6.45) is 3.21. The third-order valence-corrected chi connectivity index (χ3v) is 3.47. The van der Waals surface area contributed by atoms with E-state index in [1.807, 2.05) is 18.2 Å². The van der Waals surface area contributed by atoms with Crippen LogP contribution in [0.5, 0.6) is 11.6 Å². The number of pyridine rings is 1. The molecule has 3 aromatic rings. The molecule has 0 aliphatic carbocycles. The Morgan fingerprint density at radius 3 is 2.80 bits per heavy atom. The van der Waals surface area contributed by atoms with Gasteiger partial charge in [0.05, 0.1) is 12.5 Å². The normalized spacial score (nSPS) is 10.7. The van der Waals surface area contributed by atoms with Crippen molar-refractivity contribution < 1.29 is 9.84 Å². The lowest BCUT2D eigenvalue weighted by Gasteiger charge is -2.10. The summed E-state index contributed by atoms with van der Waals surface area (Å²) in [6.45, 7) is 0. The first-order valence-electron chi connectivity index (χ1n) is 5.84. The van der Waals surface area contributed by atoms with Gasteiger partial charge in [0.25, 0.3) is 0 Å². The average molecular weight is 332 g/mol. The van der Waals surface area contributed by atoms with Crippen LogP contribution in [0.2, 0.25) is 0 Å². The molecular formula is C14H10BrN3O2. The number of hydrogen-bond acceptors (Lipinski definition) is 5. The first-order chi connectivity index (χ1) is 9.70. The van der Waals surface area contributed by atoms with E-state index in [1.54, 1.807) is 25.6 Å². The molecular weight excluding hydrogens is 322 g/mol. The average Bonchev–Trinajstić information content (AvgIpc) is 2.48. The van der Waals surface area contributed by atoms with Gasteiger partial charge in [-0.1, -0.05) is 15.9 Å². The van der Waals surface area contributed by atoms with E-state index in [0.29, 0.717) is 16.8 Å². The van der Waals surface area contributed by atoms with Crippen molar-refractivity contribution in [2.24, 2.45) is 0 Å². The Hall–Kier alpha value is -2.21. The number of benzene rings is 1. The number of methoxy groups -OCH3 is 1. The predicted octanol–water partition coefficient (Wildman–Crippen LogP) is 3.17. The van der Waals surface area contributed by atoms with E-state index in [-0.39, 0.29) is 5.88 Å². The number of aromatic hydroxyl groups is 1. The first-order valence-corrected chi connectivity index (χ1v) is 6.63. The van der Waals surface area contributed by atoms with Gasteiger partial charge in [-0.05, 0) is 24.3 Å². The first kappa shape index (κ1) is 12.8. The molecule has 0 aliphatic heterocycles. The lowest BCUT2D eigenvalue weighted by atomic mass is 10.1. The molecule has 1 aromatic carbocycles. The van der Waals surface area contributed by atoms with Crippen LogP contribution >= 0.6 is 15.9 Å². The summed E-state index contributed by atoms with van der Waals surface area (Å²) in [5.41, 5.74) is 1.45. The summed E-state index contributed by atoms with van der Waals surface area (Å²) < 4.78 is 6.30. The molecule has 1 N–H and O–H groups in total. The van der Waals surface area contributed by atoms with Gasteiger partial charge in [-0.15, -0.1) is 10.2 Å². The molecule has 0 unspecified atom stereocenters. The smallest absolute Gasteiger partial charge is 0.240 e. The Labute approximate surface area is 123 Å². The van der Waals surface area contributed by atoms with Gasteiger partial charge < -0.3 is 9.84 Å². The highest BCUT2D eigenvalue weighted by Gasteiger charge is 2.14. The zero-order valence-corrected chi connectivity index (χ0v) is 12.1. The number of hydrogen-bond donors (Lipinski definition) is 1. The quantitative estimate of drug-likeness (QED) is 0.781. The maximum atomic E-state index is 9.76. The second-order valence-corrected chi connectivity index (χ2v) is 5.05. The van der Waals surface area contributed by atoms with Crippen molar-refractivity contribution in [3.05, 3.63) is 41.1 Å². The van der Waals surface area contributed by atoms with Gasteiger partial charge in [-0.2, -0.15) is 0 Å². The lowest BCUT2D eigenvalue weighted by molar-refractivity contribution is 0.416. The fourth-order valence-electron chi connectivity index (χ4n) is 2.04. The number of rotatable bonds is 2. The van der Waals surface area contributed by atoms with Crippen molar-refractivity contribution in [3.8, 4) is 22.9 Å². The fourth-order valence-corrected chi connectivity index (χ4v) is 2.38. The van der Waals surface area contributed by atoms with E-state index in [9.17, 15) is 5.11 Å². The summed E-state index contributed by atoms with van der Waals surface area (Å²) in [4.78, 5) is 4.00. The second-order valence-electron chi connectivity index (χ2n) is 4.14. The molecule has 100 valence electrons. The highest BCUT2D eigenvalue weighted by Crippen LogP contribution is 2.36. The minimum atomic E-state index is -0.132. The van der Waals surface area contributed by atoms with Crippen LogP contribution < -0.4 is 4.74 Å². The third kappa shape index (κ3) is 2.08. The number of nitrogens with zero attached hydrogens (tertiary/aromatic N) is 3. The zero-order valence-electron chi connectivity index (χ0n) is 10.5. The van der Waals surface area contributed by atoms with Crippen LogP contribution in [0.25, 0.3) is 22.0 Å². The highest BCUT2D eigenvalue weighted by molar-refractivity contribution is 9.10. The maximum absolute atomic E-state index is 9.76. The van der Waals surface area contributed by atoms with Crippen LogP contribution in [0.1, 0.15) is 0 Å². The predicted molar refractivity (Wildman–Crippen MR) is 78.7 cm³/mol. The van der Waals surface area contributed by atoms with Gasteiger partial charge in [-0.25, -0.2) is 0 Å². The molecule has 0 atom stereocenters. The Morgan fingerprint density at radius 1 is 1.15 bits per heavy atom. The number of aromatic nitrogens is 3. The Bertz CT molecular complexity index is 792. The molecule has 2 heterocycles. The second kappa shape index (κ2) is 5.05. The molecule has 3 rings (SSSR count). The number of ether oxygens (including phenoxy) is 1. The van der Waals surface area contributed by atoms with Crippen molar-refractivity contribution in [2.45, 2.75) is 0 Å². The van der Waals surface area contributed by atoms with Gasteiger partial charge >= 0.3 is 0 Å². The molecule has 0 fully saturated rings. The summed E-state index contributed by atoms with van der Waals surface area (Å²) in [6, 6.07) is 7.45. The van der Waals surface area contributed by atoms with E-state index < -0.39 is 0 Å². The molecule has 0 amide bonds. The molecule has 2 aromatic heterocycles. The summed E-state index contributed by atoms with van der Waals surface area (Å²) in [7, 11) is 1.60. The van der Waals surface area contributed by atoms with Crippen LogP contribution in [0.3, 0.4) is 0 Å². The minimum Gasteiger partial charge on any atom is -0.496 e. The van der Waals surface area contributed by atoms with E-state index >= 15 is 0 Å². The lowest BCUT2D eigenvalue weighted by Crippen LogP contribution is -1.94. The van der Waals surface area contributed by atoms with Gasteiger partial charge in [0.1, 0.15) is 11.4 Å². The van der Waals surface area contributed by atoms with E-state index in [4.69, 9.17) is 4.74 Å². The van der Waals surface area contributed by atoms with Gasteiger partial charge in [0, 0.05) is 27.8 Å². The molecule has 0 spiro atoms. The van der Waals surface area contributed by atoms with Crippen molar-refractivity contribution in [2.75, 3.05) is 7.11 Å². The molecule has 0 aliphatic rings. The molecule has 20 heavy (non-hydrogen) atoms.